The molecule has 0 radical (unpaired) electrons. The minimum Gasteiger partial charge on any atom is -0.321 e. The van der Waals surface area contributed by atoms with E-state index in [4.69, 9.17) is 5.73 Å². The number of hydrogen-bond donors (Lipinski definition) is 2. The highest BCUT2D eigenvalue weighted by atomic mass is 79.9. The van der Waals surface area contributed by atoms with Crippen molar-refractivity contribution in [2.45, 2.75) is 12.5 Å². The third kappa shape index (κ3) is 2.45. The molecule has 0 amide bonds. The van der Waals surface area contributed by atoms with Crippen LogP contribution >= 0.6 is 15.9 Å². The molecule has 1 heterocycles. The Morgan fingerprint density at radius 1 is 1.50 bits per heavy atom. The van der Waals surface area contributed by atoms with E-state index in [0.717, 1.165) is 10.0 Å². The lowest BCUT2D eigenvalue weighted by Crippen LogP contribution is -2.15. The molecule has 1 atom stereocenters. The molecule has 3 N–H and O–H groups in total. The topological polar surface area (TPSA) is 67.6 Å². The lowest BCUT2D eigenvalue weighted by molar-refractivity contribution is 0.617. The first-order chi connectivity index (χ1) is 7.66. The molecule has 1 aromatic heterocycles. The Morgan fingerprint density at radius 2 is 2.31 bits per heavy atom. The van der Waals surface area contributed by atoms with Crippen LogP contribution < -0.4 is 5.73 Å². The van der Waals surface area contributed by atoms with Crippen LogP contribution in [0.15, 0.2) is 29.0 Å². The quantitative estimate of drug-likeness (QED) is 0.905. The van der Waals surface area contributed by atoms with Gasteiger partial charge in [-0.2, -0.15) is 5.10 Å². The van der Waals surface area contributed by atoms with Crippen LogP contribution in [0.25, 0.3) is 0 Å². The molecule has 4 nitrogen and oxygen atoms in total. The van der Waals surface area contributed by atoms with Gasteiger partial charge in [0, 0.05) is 4.47 Å². The number of hydrogen-bond acceptors (Lipinski definition) is 3. The zero-order chi connectivity index (χ0) is 11.5. The molecule has 0 bridgehead atoms. The van der Waals surface area contributed by atoms with E-state index >= 15 is 0 Å². The van der Waals surface area contributed by atoms with Crippen molar-refractivity contribution in [2.75, 3.05) is 0 Å². The van der Waals surface area contributed by atoms with Gasteiger partial charge in [-0.1, -0.05) is 15.9 Å². The summed E-state index contributed by atoms with van der Waals surface area (Å²) in [5.41, 5.74) is 6.72. The second-order valence-electron chi connectivity index (χ2n) is 3.42. The monoisotopic (exact) mass is 284 g/mol. The zero-order valence-corrected chi connectivity index (χ0v) is 9.91. The summed E-state index contributed by atoms with van der Waals surface area (Å²) in [5, 5.41) is 6.42. The minimum absolute atomic E-state index is 0.275. The molecule has 0 fully saturated rings. The van der Waals surface area contributed by atoms with E-state index in [1.807, 2.05) is 0 Å². The van der Waals surface area contributed by atoms with Gasteiger partial charge in [-0.25, -0.2) is 9.37 Å². The lowest BCUT2D eigenvalue weighted by Gasteiger charge is -2.09. The first-order valence-electron chi connectivity index (χ1n) is 4.71. The predicted octanol–water partition coefficient (Wildman–Crippen LogP) is 1.95. The van der Waals surface area contributed by atoms with Gasteiger partial charge >= 0.3 is 0 Å². The predicted molar refractivity (Wildman–Crippen MR) is 61.1 cm³/mol. The van der Waals surface area contributed by atoms with Gasteiger partial charge in [-0.05, 0) is 30.2 Å². The van der Waals surface area contributed by atoms with Gasteiger partial charge in [-0.3, -0.25) is 5.10 Å². The number of rotatable bonds is 3. The Kier molecular flexibility index (Phi) is 3.31. The van der Waals surface area contributed by atoms with Gasteiger partial charge in [0.2, 0.25) is 0 Å². The number of H-pyrrole nitrogens is 1. The normalized spacial score (nSPS) is 12.7. The van der Waals surface area contributed by atoms with E-state index in [0.29, 0.717) is 12.2 Å². The smallest absolute Gasteiger partial charge is 0.141 e. The van der Waals surface area contributed by atoms with Crippen molar-refractivity contribution < 1.29 is 4.39 Å². The van der Waals surface area contributed by atoms with Gasteiger partial charge in [-0.15, -0.1) is 0 Å². The second-order valence-corrected chi connectivity index (χ2v) is 4.27. The number of aromatic amines is 1. The van der Waals surface area contributed by atoms with Crippen molar-refractivity contribution in [1.82, 2.24) is 15.2 Å². The fraction of sp³-hybridized carbons (Fsp3) is 0.200. The van der Waals surface area contributed by atoms with E-state index in [9.17, 15) is 4.39 Å². The van der Waals surface area contributed by atoms with Crippen LogP contribution in [0.1, 0.15) is 17.4 Å². The van der Waals surface area contributed by atoms with Crippen LogP contribution in [0.2, 0.25) is 0 Å². The van der Waals surface area contributed by atoms with Gasteiger partial charge < -0.3 is 5.73 Å². The zero-order valence-electron chi connectivity index (χ0n) is 8.32. The maximum atomic E-state index is 13.0. The molecule has 1 aromatic carbocycles. The Labute approximate surface area is 100 Å². The van der Waals surface area contributed by atoms with E-state index < -0.39 is 0 Å². The Hall–Kier alpha value is -1.27. The molecular formula is C10H10BrFN4. The van der Waals surface area contributed by atoms with Crippen LogP contribution in [0.4, 0.5) is 4.39 Å². The number of benzene rings is 1. The molecule has 0 saturated heterocycles. The first-order valence-corrected chi connectivity index (χ1v) is 5.51. The van der Waals surface area contributed by atoms with Crippen LogP contribution in [0, 0.1) is 5.82 Å². The van der Waals surface area contributed by atoms with Crippen LogP contribution in [-0.4, -0.2) is 15.2 Å². The van der Waals surface area contributed by atoms with Gasteiger partial charge in [0.05, 0.1) is 6.04 Å². The van der Waals surface area contributed by atoms with Gasteiger partial charge in [0.15, 0.2) is 0 Å². The summed E-state index contributed by atoms with van der Waals surface area (Å²) in [7, 11) is 0. The van der Waals surface area contributed by atoms with Crippen LogP contribution in [0.5, 0.6) is 0 Å². The van der Waals surface area contributed by atoms with E-state index in [2.05, 4.69) is 31.1 Å². The molecule has 6 heteroatoms. The maximum Gasteiger partial charge on any atom is 0.141 e. The average Bonchev–Trinajstić information content (AvgIpc) is 2.76. The summed E-state index contributed by atoms with van der Waals surface area (Å²) in [6.07, 6.45) is 1.89. The van der Waals surface area contributed by atoms with Gasteiger partial charge in [0.25, 0.3) is 0 Å². The second kappa shape index (κ2) is 4.71. The first kappa shape index (κ1) is 11.2. The van der Waals surface area contributed by atoms with Crippen molar-refractivity contribution in [2.24, 2.45) is 5.73 Å². The number of nitrogens with zero attached hydrogens (tertiary/aromatic N) is 2. The molecule has 2 rings (SSSR count). The SMILES string of the molecule is NC(Cc1cc(F)ccc1Br)c1ncn[nH]1. The number of nitrogens with one attached hydrogen (secondary N) is 1. The highest BCUT2D eigenvalue weighted by Crippen LogP contribution is 2.22. The highest BCUT2D eigenvalue weighted by Gasteiger charge is 2.12. The number of nitrogens with two attached hydrogens (primary N) is 1. The molecule has 0 aliphatic heterocycles. The van der Waals surface area contributed by atoms with Crippen molar-refractivity contribution in [3.8, 4) is 0 Å². The van der Waals surface area contributed by atoms with Crippen LogP contribution in [0.3, 0.4) is 0 Å². The van der Waals surface area contributed by atoms with Crippen molar-refractivity contribution in [1.29, 1.82) is 0 Å². The Morgan fingerprint density at radius 3 is 3.00 bits per heavy atom. The third-order valence-corrected chi connectivity index (χ3v) is 3.01. The van der Waals surface area contributed by atoms with E-state index in [-0.39, 0.29) is 11.9 Å². The average molecular weight is 285 g/mol. The number of halogens is 2. The molecule has 0 aliphatic carbocycles. The fourth-order valence-corrected chi connectivity index (χ4v) is 1.84. The summed E-state index contributed by atoms with van der Waals surface area (Å²) < 4.78 is 13.9. The molecule has 84 valence electrons. The molecule has 0 aliphatic rings. The van der Waals surface area contributed by atoms with Crippen molar-refractivity contribution >= 4 is 15.9 Å². The molecule has 2 aromatic rings. The summed E-state index contributed by atoms with van der Waals surface area (Å²) in [6.45, 7) is 0. The molecule has 1 unspecified atom stereocenters. The Bertz CT molecular complexity index is 472. The van der Waals surface area contributed by atoms with E-state index in [1.54, 1.807) is 6.07 Å². The molecular weight excluding hydrogens is 275 g/mol. The molecule has 16 heavy (non-hydrogen) atoms. The maximum absolute atomic E-state index is 13.0. The summed E-state index contributed by atoms with van der Waals surface area (Å²) in [5.74, 6) is 0.319. The lowest BCUT2D eigenvalue weighted by atomic mass is 10.1. The van der Waals surface area contributed by atoms with Crippen LogP contribution in [-0.2, 0) is 6.42 Å². The summed E-state index contributed by atoms with van der Waals surface area (Å²) in [6, 6.07) is 4.20. The summed E-state index contributed by atoms with van der Waals surface area (Å²) >= 11 is 3.35. The van der Waals surface area contributed by atoms with Gasteiger partial charge in [0.1, 0.15) is 18.0 Å². The van der Waals surface area contributed by atoms with E-state index in [1.165, 1.54) is 18.5 Å². The molecule has 0 saturated carbocycles. The van der Waals surface area contributed by atoms with Crippen molar-refractivity contribution in [3.05, 3.63) is 46.2 Å². The third-order valence-electron chi connectivity index (χ3n) is 2.23. The fourth-order valence-electron chi connectivity index (χ4n) is 1.43. The standard InChI is InChI=1S/C10H10BrFN4/c11-8-2-1-7(12)3-6(8)4-9(13)10-14-5-15-16-10/h1-3,5,9H,4,13H2,(H,14,15,16). The Balaban J connectivity index is 2.17. The minimum atomic E-state index is -0.319. The largest absolute Gasteiger partial charge is 0.321 e. The summed E-state index contributed by atoms with van der Waals surface area (Å²) in [4.78, 5) is 3.96. The molecule has 0 spiro atoms. The highest BCUT2D eigenvalue weighted by molar-refractivity contribution is 9.10. The van der Waals surface area contributed by atoms with Crippen molar-refractivity contribution in [3.63, 3.8) is 0 Å². The number of aromatic nitrogens is 3.